The van der Waals surface area contributed by atoms with Gasteiger partial charge in [-0.2, -0.15) is 5.26 Å². The highest BCUT2D eigenvalue weighted by Gasteiger charge is 2.35. The van der Waals surface area contributed by atoms with E-state index in [4.69, 9.17) is 14.7 Å². The number of carbonyl (C=O) groups is 1. The van der Waals surface area contributed by atoms with Gasteiger partial charge >= 0.3 is 6.09 Å². The highest BCUT2D eigenvalue weighted by molar-refractivity contribution is 5.70. The molecular weight excluding hydrogens is 248 g/mol. The Morgan fingerprint density at radius 2 is 2.42 bits per heavy atom. The number of aliphatic hydroxyl groups excluding tert-OH is 1. The highest BCUT2D eigenvalue weighted by atomic mass is 16.6. The van der Waals surface area contributed by atoms with Crippen molar-refractivity contribution in [3.05, 3.63) is 29.3 Å². The van der Waals surface area contributed by atoms with Crippen LogP contribution in [-0.2, 0) is 4.74 Å². The van der Waals surface area contributed by atoms with E-state index in [2.05, 4.69) is 0 Å². The second kappa shape index (κ2) is 5.59. The van der Waals surface area contributed by atoms with Gasteiger partial charge in [-0.25, -0.2) is 4.79 Å². The van der Waals surface area contributed by atoms with E-state index in [0.717, 1.165) is 5.56 Å². The monoisotopic (exact) mass is 262 g/mol. The van der Waals surface area contributed by atoms with Crippen molar-refractivity contribution in [1.29, 1.82) is 5.26 Å². The summed E-state index contributed by atoms with van der Waals surface area (Å²) < 4.78 is 10.4. The fraction of sp³-hybridized carbons (Fsp3) is 0.385. The minimum absolute atomic E-state index is 0.158. The zero-order chi connectivity index (χ0) is 13.8. The molecule has 6 heteroatoms. The van der Waals surface area contributed by atoms with Crippen molar-refractivity contribution in [3.8, 4) is 11.8 Å². The molecular formula is C13H14N2O4. The maximum absolute atomic E-state index is 11.4. The molecule has 1 amide bonds. The lowest BCUT2D eigenvalue weighted by molar-refractivity contribution is 0.106. The fourth-order valence-corrected chi connectivity index (χ4v) is 2.02. The van der Waals surface area contributed by atoms with Crippen LogP contribution in [0.4, 0.5) is 4.79 Å². The first-order valence-corrected chi connectivity index (χ1v) is 5.92. The van der Waals surface area contributed by atoms with Crippen molar-refractivity contribution in [3.63, 3.8) is 0 Å². The molecule has 2 rings (SSSR count). The van der Waals surface area contributed by atoms with Gasteiger partial charge in [0.05, 0.1) is 18.2 Å². The van der Waals surface area contributed by atoms with Gasteiger partial charge in [-0.05, 0) is 19.1 Å². The average molecular weight is 262 g/mol. The smallest absolute Gasteiger partial charge is 0.412 e. The number of cyclic esters (lactones) is 1. The first-order valence-electron chi connectivity index (χ1n) is 5.92. The van der Waals surface area contributed by atoms with Crippen molar-refractivity contribution in [1.82, 2.24) is 4.90 Å². The third-order valence-electron chi connectivity index (χ3n) is 2.93. The number of amides is 1. The maximum Gasteiger partial charge on any atom is 0.412 e. The Labute approximate surface area is 110 Å². The summed E-state index contributed by atoms with van der Waals surface area (Å²) in [6, 6.07) is 6.63. The molecule has 1 heterocycles. The molecule has 0 aromatic heterocycles. The predicted octanol–water partition coefficient (Wildman–Crippen LogP) is 1.40. The molecule has 0 aliphatic carbocycles. The summed E-state index contributed by atoms with van der Waals surface area (Å²) in [6.07, 6.45) is -0.556. The van der Waals surface area contributed by atoms with Gasteiger partial charge in [0, 0.05) is 5.56 Å². The Morgan fingerprint density at radius 3 is 3.05 bits per heavy atom. The molecule has 0 saturated carbocycles. The second-order valence-electron chi connectivity index (χ2n) is 4.00. The molecule has 1 saturated heterocycles. The van der Waals surface area contributed by atoms with Gasteiger partial charge in [0.15, 0.2) is 0 Å². The zero-order valence-corrected chi connectivity index (χ0v) is 10.5. The lowest BCUT2D eigenvalue weighted by Gasteiger charge is -2.21. The van der Waals surface area contributed by atoms with Crippen LogP contribution in [0.5, 0.6) is 5.75 Å². The zero-order valence-electron chi connectivity index (χ0n) is 10.5. The average Bonchev–Trinajstić information content (AvgIpc) is 2.80. The summed E-state index contributed by atoms with van der Waals surface area (Å²) in [7, 11) is 0. The van der Waals surface area contributed by atoms with Crippen LogP contribution in [0.3, 0.4) is 0 Å². The maximum atomic E-state index is 11.4. The molecule has 19 heavy (non-hydrogen) atoms. The predicted molar refractivity (Wildman–Crippen MR) is 65.3 cm³/mol. The standard InChI is InChI=1S/C13H14N2O4/c1-2-18-12-5-9(6-14)3-4-10(12)11-7-19-13(17)15(11)8-16/h3-5,11,16H,2,7-8H2,1H3. The topological polar surface area (TPSA) is 82.8 Å². The van der Waals surface area contributed by atoms with Gasteiger partial charge in [-0.15, -0.1) is 0 Å². The molecule has 1 aliphatic heterocycles. The number of hydrogen-bond acceptors (Lipinski definition) is 5. The van der Waals surface area contributed by atoms with Crippen LogP contribution in [0.15, 0.2) is 18.2 Å². The van der Waals surface area contributed by atoms with Crippen molar-refractivity contribution < 1.29 is 19.4 Å². The number of nitriles is 1. The van der Waals surface area contributed by atoms with E-state index in [1.807, 2.05) is 13.0 Å². The van der Waals surface area contributed by atoms with Crippen molar-refractivity contribution in [2.45, 2.75) is 13.0 Å². The van der Waals surface area contributed by atoms with Crippen LogP contribution < -0.4 is 4.74 Å². The van der Waals surface area contributed by atoms with E-state index in [9.17, 15) is 9.90 Å². The van der Waals surface area contributed by atoms with Gasteiger partial charge in [-0.1, -0.05) is 6.07 Å². The number of hydrogen-bond donors (Lipinski definition) is 1. The van der Waals surface area contributed by atoms with Gasteiger partial charge in [0.25, 0.3) is 0 Å². The summed E-state index contributed by atoms with van der Waals surface area (Å²) in [6.45, 7) is 2.02. The lowest BCUT2D eigenvalue weighted by Crippen LogP contribution is -2.28. The Balaban J connectivity index is 2.38. The molecule has 1 aromatic rings. The molecule has 100 valence electrons. The van der Waals surface area contributed by atoms with Gasteiger partial charge < -0.3 is 14.6 Å². The molecule has 1 N–H and O–H groups in total. The van der Waals surface area contributed by atoms with Crippen LogP contribution in [-0.4, -0.2) is 36.0 Å². The SMILES string of the molecule is CCOc1cc(C#N)ccc1C1COC(=O)N1CO. The molecule has 1 unspecified atom stereocenters. The number of carbonyl (C=O) groups excluding carboxylic acids is 1. The second-order valence-corrected chi connectivity index (χ2v) is 4.00. The van der Waals surface area contributed by atoms with E-state index in [1.54, 1.807) is 18.2 Å². The Bertz CT molecular complexity index is 524. The largest absolute Gasteiger partial charge is 0.493 e. The van der Waals surface area contributed by atoms with Crippen molar-refractivity contribution in [2.75, 3.05) is 19.9 Å². The molecule has 0 bridgehead atoms. The molecule has 0 spiro atoms. The fourth-order valence-electron chi connectivity index (χ4n) is 2.02. The normalized spacial score (nSPS) is 18.1. The molecule has 6 nitrogen and oxygen atoms in total. The Kier molecular flexibility index (Phi) is 3.88. The number of rotatable bonds is 4. The Hall–Kier alpha value is -2.26. The van der Waals surface area contributed by atoms with Crippen LogP contribution in [0, 0.1) is 11.3 Å². The van der Waals surface area contributed by atoms with Crippen LogP contribution in [0.25, 0.3) is 0 Å². The third-order valence-corrected chi connectivity index (χ3v) is 2.93. The minimum Gasteiger partial charge on any atom is -0.493 e. The van der Waals surface area contributed by atoms with Crippen LogP contribution in [0.1, 0.15) is 24.1 Å². The van der Waals surface area contributed by atoms with Crippen molar-refractivity contribution in [2.24, 2.45) is 0 Å². The molecule has 0 radical (unpaired) electrons. The first kappa shape index (κ1) is 13.2. The van der Waals surface area contributed by atoms with E-state index < -0.39 is 18.9 Å². The van der Waals surface area contributed by atoms with Gasteiger partial charge in [0.2, 0.25) is 0 Å². The van der Waals surface area contributed by atoms with E-state index in [-0.39, 0.29) is 6.61 Å². The number of benzene rings is 1. The number of ether oxygens (including phenoxy) is 2. The van der Waals surface area contributed by atoms with Crippen LogP contribution >= 0.6 is 0 Å². The summed E-state index contributed by atoms with van der Waals surface area (Å²) >= 11 is 0. The molecule has 1 fully saturated rings. The van der Waals surface area contributed by atoms with Gasteiger partial charge in [0.1, 0.15) is 25.1 Å². The molecule has 1 atom stereocenters. The highest BCUT2D eigenvalue weighted by Crippen LogP contribution is 2.34. The third kappa shape index (κ3) is 2.46. The van der Waals surface area contributed by atoms with E-state index in [0.29, 0.717) is 17.9 Å². The molecule has 1 aliphatic rings. The van der Waals surface area contributed by atoms with E-state index in [1.165, 1.54) is 4.90 Å². The van der Waals surface area contributed by atoms with Gasteiger partial charge in [-0.3, -0.25) is 4.90 Å². The summed E-state index contributed by atoms with van der Waals surface area (Å²) in [5, 5.41) is 18.1. The van der Waals surface area contributed by atoms with E-state index >= 15 is 0 Å². The van der Waals surface area contributed by atoms with Crippen LogP contribution in [0.2, 0.25) is 0 Å². The van der Waals surface area contributed by atoms with Crippen molar-refractivity contribution >= 4 is 6.09 Å². The summed E-state index contributed by atoms with van der Waals surface area (Å²) in [5.74, 6) is 0.531. The first-order chi connectivity index (χ1) is 9.21. The summed E-state index contributed by atoms with van der Waals surface area (Å²) in [5.41, 5.74) is 1.20. The molecule has 1 aromatic carbocycles. The summed E-state index contributed by atoms with van der Waals surface area (Å²) in [4.78, 5) is 12.6. The lowest BCUT2D eigenvalue weighted by atomic mass is 10.0. The number of aliphatic hydroxyl groups is 1. The Morgan fingerprint density at radius 1 is 1.63 bits per heavy atom. The quantitative estimate of drug-likeness (QED) is 0.886. The number of nitrogens with zero attached hydrogens (tertiary/aromatic N) is 2. The minimum atomic E-state index is -0.556.